The fraction of sp³-hybridized carbons (Fsp3) is 1.00. The van der Waals surface area contributed by atoms with Gasteiger partial charge in [-0.25, -0.2) is 8.42 Å². The molecule has 0 aromatic heterocycles. The van der Waals surface area contributed by atoms with Crippen molar-refractivity contribution in [2.75, 3.05) is 13.1 Å². The van der Waals surface area contributed by atoms with Crippen LogP contribution in [0.1, 0.15) is 13.8 Å². The van der Waals surface area contributed by atoms with E-state index >= 15 is 0 Å². The lowest BCUT2D eigenvalue weighted by molar-refractivity contribution is -0.648. The van der Waals surface area contributed by atoms with Gasteiger partial charge in [0, 0.05) is 0 Å². The molecule has 0 aliphatic heterocycles. The third-order valence-corrected chi connectivity index (χ3v) is 1.43. The Hall–Kier alpha value is -0.340. The van der Waals surface area contributed by atoms with E-state index in [9.17, 15) is 13.2 Å². The highest BCUT2D eigenvalue weighted by Crippen LogP contribution is 2.20. The second kappa shape index (κ2) is 6.17. The van der Waals surface area contributed by atoms with Crippen LogP contribution in [0, 0.1) is 0 Å². The summed E-state index contributed by atoms with van der Waals surface area (Å²) in [5.41, 5.74) is -5.65. The molecule has 0 rings (SSSR count). The monoisotopic (exact) mass is 223 g/mol. The standard InChI is InChI=1S/C4H11N.CHF3O3S/c1-3-5-4-2;2-1(3,4)8(5,6)7/h5H,3-4H2,1-2H3;(H,5,6,7). The SMILES string of the molecule is CC[NH2+]CC.O=S(=O)([O-])C(F)(F)F. The lowest BCUT2D eigenvalue weighted by Crippen LogP contribution is -2.82. The van der Waals surface area contributed by atoms with Crippen molar-refractivity contribution in [3.05, 3.63) is 0 Å². The van der Waals surface area contributed by atoms with Crippen molar-refractivity contribution >= 4 is 10.1 Å². The molecule has 0 spiro atoms. The Balaban J connectivity index is 0. The summed E-state index contributed by atoms with van der Waals surface area (Å²) in [6, 6.07) is 0. The van der Waals surface area contributed by atoms with E-state index in [0.29, 0.717) is 0 Å². The van der Waals surface area contributed by atoms with Gasteiger partial charge in [0.05, 0.1) is 13.1 Å². The maximum Gasteiger partial charge on any atom is 0.485 e. The summed E-state index contributed by atoms with van der Waals surface area (Å²) in [6.45, 7) is 6.75. The van der Waals surface area contributed by atoms with E-state index in [1.165, 1.54) is 13.1 Å². The normalized spacial score (nSPS) is 11.8. The van der Waals surface area contributed by atoms with Crippen molar-refractivity contribution in [1.29, 1.82) is 0 Å². The molecule has 0 aliphatic carbocycles. The predicted molar refractivity (Wildman–Crippen MR) is 38.8 cm³/mol. The number of nitrogens with two attached hydrogens (primary N) is 1. The van der Waals surface area contributed by atoms with E-state index in [2.05, 4.69) is 19.2 Å². The topological polar surface area (TPSA) is 73.8 Å². The molecule has 82 valence electrons. The molecule has 0 aromatic carbocycles. The van der Waals surface area contributed by atoms with Crippen molar-refractivity contribution < 1.29 is 31.5 Å². The first-order chi connectivity index (χ1) is 5.66. The van der Waals surface area contributed by atoms with E-state index < -0.39 is 15.6 Å². The maximum atomic E-state index is 10.7. The molecule has 0 amide bonds. The van der Waals surface area contributed by atoms with Crippen LogP contribution in [-0.4, -0.2) is 31.6 Å². The smallest absolute Gasteiger partial charge is 0.485 e. The molecule has 0 aliphatic rings. The summed E-state index contributed by atoms with van der Waals surface area (Å²) >= 11 is 0. The molecule has 0 aromatic rings. The Morgan fingerprint density at radius 3 is 1.46 bits per heavy atom. The Kier molecular flexibility index (Phi) is 7.18. The van der Waals surface area contributed by atoms with E-state index in [-0.39, 0.29) is 0 Å². The van der Waals surface area contributed by atoms with Crippen LogP contribution >= 0.6 is 0 Å². The minimum atomic E-state index is -6.09. The molecule has 4 nitrogen and oxygen atoms in total. The number of alkyl halides is 3. The molecule has 0 heterocycles. The molecule has 13 heavy (non-hydrogen) atoms. The van der Waals surface area contributed by atoms with E-state index in [1.807, 2.05) is 0 Å². The van der Waals surface area contributed by atoms with Gasteiger partial charge in [-0.1, -0.05) is 0 Å². The van der Waals surface area contributed by atoms with Crippen molar-refractivity contribution in [1.82, 2.24) is 0 Å². The van der Waals surface area contributed by atoms with Gasteiger partial charge >= 0.3 is 5.51 Å². The molecule has 0 unspecified atom stereocenters. The van der Waals surface area contributed by atoms with Gasteiger partial charge in [0.15, 0.2) is 10.1 Å². The summed E-state index contributed by atoms with van der Waals surface area (Å²) < 4.78 is 58.9. The number of hydrogen-bond donors (Lipinski definition) is 1. The predicted octanol–water partition coefficient (Wildman–Crippen LogP) is -0.359. The summed E-state index contributed by atoms with van der Waals surface area (Å²) in [5.74, 6) is 0. The minimum Gasteiger partial charge on any atom is -0.741 e. The van der Waals surface area contributed by atoms with Crippen molar-refractivity contribution in [2.45, 2.75) is 19.4 Å². The average Bonchev–Trinajstić information content (AvgIpc) is 1.85. The van der Waals surface area contributed by atoms with Gasteiger partial charge in [0.25, 0.3) is 0 Å². The molecule has 0 saturated heterocycles. The van der Waals surface area contributed by atoms with Crippen LogP contribution in [0.4, 0.5) is 13.2 Å². The molecule has 0 saturated carbocycles. The lowest BCUT2D eigenvalue weighted by Gasteiger charge is -2.08. The number of quaternary nitrogens is 1. The van der Waals surface area contributed by atoms with Gasteiger partial charge in [0.1, 0.15) is 0 Å². The summed E-state index contributed by atoms with van der Waals surface area (Å²) in [5, 5.41) is 2.25. The molecule has 0 bridgehead atoms. The van der Waals surface area contributed by atoms with Gasteiger partial charge in [-0.15, -0.1) is 0 Å². The number of hydrogen-bond acceptors (Lipinski definition) is 3. The molecular weight excluding hydrogens is 211 g/mol. The molecule has 8 heteroatoms. The van der Waals surface area contributed by atoms with Crippen LogP contribution in [0.3, 0.4) is 0 Å². The quantitative estimate of drug-likeness (QED) is 0.513. The van der Waals surface area contributed by atoms with Gasteiger partial charge in [-0.05, 0) is 13.8 Å². The van der Waals surface area contributed by atoms with Crippen LogP contribution in [0.5, 0.6) is 0 Å². The highest BCUT2D eigenvalue weighted by atomic mass is 32.2. The van der Waals surface area contributed by atoms with Gasteiger partial charge in [0.2, 0.25) is 0 Å². The van der Waals surface area contributed by atoms with Gasteiger partial charge < -0.3 is 9.87 Å². The molecule has 0 atom stereocenters. The Morgan fingerprint density at radius 2 is 1.46 bits per heavy atom. The van der Waals surface area contributed by atoms with Crippen LogP contribution < -0.4 is 5.32 Å². The largest absolute Gasteiger partial charge is 0.741 e. The average molecular weight is 223 g/mol. The summed E-state index contributed by atoms with van der Waals surface area (Å²) in [4.78, 5) is 0. The summed E-state index contributed by atoms with van der Waals surface area (Å²) in [6.07, 6.45) is 0. The second-order valence-corrected chi connectivity index (χ2v) is 3.38. The van der Waals surface area contributed by atoms with Crippen molar-refractivity contribution in [3.8, 4) is 0 Å². The van der Waals surface area contributed by atoms with E-state index in [0.717, 1.165) is 0 Å². The fourth-order valence-corrected chi connectivity index (χ4v) is 0.289. The second-order valence-electron chi connectivity index (χ2n) is 2.01. The molecule has 0 fully saturated rings. The zero-order valence-corrected chi connectivity index (χ0v) is 8.07. The first-order valence-corrected chi connectivity index (χ1v) is 4.91. The molecule has 0 radical (unpaired) electrons. The van der Waals surface area contributed by atoms with Crippen LogP contribution in [-0.2, 0) is 10.1 Å². The number of rotatable bonds is 2. The minimum absolute atomic E-state index is 1.22. The van der Waals surface area contributed by atoms with Crippen LogP contribution in [0.15, 0.2) is 0 Å². The zero-order valence-electron chi connectivity index (χ0n) is 7.26. The lowest BCUT2D eigenvalue weighted by atomic mass is 10.7. The zero-order chi connectivity index (χ0) is 11.1. The third-order valence-electron chi connectivity index (χ3n) is 0.861. The number of halogens is 3. The van der Waals surface area contributed by atoms with Gasteiger partial charge in [-0.3, -0.25) is 0 Å². The van der Waals surface area contributed by atoms with Crippen molar-refractivity contribution in [2.24, 2.45) is 0 Å². The van der Waals surface area contributed by atoms with E-state index in [4.69, 9.17) is 13.0 Å². The third kappa shape index (κ3) is 9.57. The molecule has 2 N–H and O–H groups in total. The summed E-state index contributed by atoms with van der Waals surface area (Å²) in [7, 11) is -6.09. The Bertz CT molecular complexity index is 210. The maximum absolute atomic E-state index is 10.7. The Labute approximate surface area is 74.9 Å². The van der Waals surface area contributed by atoms with Crippen molar-refractivity contribution in [3.63, 3.8) is 0 Å². The van der Waals surface area contributed by atoms with Crippen LogP contribution in [0.25, 0.3) is 0 Å². The first kappa shape index (κ1) is 15.1. The molecular formula is C5H12F3NO3S. The fourth-order valence-electron chi connectivity index (χ4n) is 0.289. The Morgan fingerprint density at radius 1 is 1.23 bits per heavy atom. The van der Waals surface area contributed by atoms with Gasteiger partial charge in [-0.2, -0.15) is 13.2 Å². The highest BCUT2D eigenvalue weighted by Gasteiger charge is 2.36. The highest BCUT2D eigenvalue weighted by molar-refractivity contribution is 7.86. The van der Waals surface area contributed by atoms with E-state index in [1.54, 1.807) is 0 Å². The van der Waals surface area contributed by atoms with Crippen LogP contribution in [0.2, 0.25) is 0 Å². The first-order valence-electron chi connectivity index (χ1n) is 3.50.